The first kappa shape index (κ1) is 21.6. The van der Waals surface area contributed by atoms with E-state index in [9.17, 15) is 13.6 Å². The highest BCUT2D eigenvalue weighted by Gasteiger charge is 2.31. The minimum Gasteiger partial charge on any atom is -0.369 e. The Bertz CT molecular complexity index is 1010. The van der Waals surface area contributed by atoms with Crippen LogP contribution in [0.1, 0.15) is 72.6 Å². The zero-order valence-electron chi connectivity index (χ0n) is 18.0. The van der Waals surface area contributed by atoms with Gasteiger partial charge >= 0.3 is 5.66 Å². The summed E-state index contributed by atoms with van der Waals surface area (Å²) in [5.74, 6) is 1.40. The van der Waals surface area contributed by atoms with Crippen LogP contribution >= 0.6 is 9.24 Å². The second-order valence-electron chi connectivity index (χ2n) is 9.03. The molecule has 3 aliphatic rings. The molecule has 1 aliphatic carbocycles. The molecule has 4 heterocycles. The van der Waals surface area contributed by atoms with E-state index in [1.807, 2.05) is 16.8 Å². The van der Waals surface area contributed by atoms with Crippen molar-refractivity contribution in [3.8, 4) is 0 Å². The molecule has 2 aromatic rings. The number of imidazole rings is 1. The van der Waals surface area contributed by atoms with E-state index in [0.717, 1.165) is 69.4 Å². The maximum absolute atomic E-state index is 13.7. The van der Waals surface area contributed by atoms with Gasteiger partial charge in [-0.2, -0.15) is 13.9 Å². The summed E-state index contributed by atoms with van der Waals surface area (Å²) in [5.41, 5.74) is -1.58. The van der Waals surface area contributed by atoms with E-state index in [1.165, 1.54) is 6.20 Å². The molecule has 0 saturated heterocycles. The van der Waals surface area contributed by atoms with E-state index in [-0.39, 0.29) is 23.7 Å². The van der Waals surface area contributed by atoms with Crippen molar-refractivity contribution in [2.75, 3.05) is 0 Å². The molecule has 1 saturated carbocycles. The molecule has 32 heavy (non-hydrogen) atoms. The van der Waals surface area contributed by atoms with Crippen LogP contribution in [0.15, 0.2) is 18.3 Å². The van der Waals surface area contributed by atoms with Crippen LogP contribution in [0.25, 0.3) is 5.82 Å². The van der Waals surface area contributed by atoms with Crippen molar-refractivity contribution in [3.05, 3.63) is 41.2 Å². The van der Waals surface area contributed by atoms with Gasteiger partial charge in [0, 0.05) is 36.9 Å². The van der Waals surface area contributed by atoms with Gasteiger partial charge in [0.05, 0.1) is 0 Å². The second kappa shape index (κ2) is 8.58. The zero-order chi connectivity index (χ0) is 22.3. The Morgan fingerprint density at radius 2 is 1.94 bits per heavy atom. The Hall–Kier alpha value is -2.28. The highest BCUT2D eigenvalue weighted by atomic mass is 31.0. The van der Waals surface area contributed by atoms with Gasteiger partial charge in [-0.15, -0.1) is 0 Å². The molecule has 0 radical (unpaired) electrons. The molecule has 1 atom stereocenters. The lowest BCUT2D eigenvalue weighted by Crippen LogP contribution is -2.42. The third-order valence-electron chi connectivity index (χ3n) is 6.65. The number of hydrogen-bond acceptors (Lipinski definition) is 4. The molecule has 2 aliphatic heterocycles. The van der Waals surface area contributed by atoms with Gasteiger partial charge in [0.15, 0.2) is 0 Å². The minimum absolute atomic E-state index is 0.0905. The highest BCUT2D eigenvalue weighted by molar-refractivity contribution is 7.17. The van der Waals surface area contributed by atoms with Crippen molar-refractivity contribution < 1.29 is 13.6 Å². The average molecular weight is 462 g/mol. The Balaban J connectivity index is 1.16. The first-order valence-electron chi connectivity index (χ1n) is 11.5. The predicted molar refractivity (Wildman–Crippen MR) is 120 cm³/mol. The van der Waals surface area contributed by atoms with Gasteiger partial charge < -0.3 is 10.6 Å². The van der Waals surface area contributed by atoms with Crippen LogP contribution in [0, 0.1) is 0 Å². The summed E-state index contributed by atoms with van der Waals surface area (Å²) >= 11 is 0. The number of amides is 1. The molecule has 172 valence electrons. The summed E-state index contributed by atoms with van der Waals surface area (Å²) < 4.78 is 31.1. The zero-order valence-corrected chi connectivity index (χ0v) is 19.1. The van der Waals surface area contributed by atoms with Crippen molar-refractivity contribution in [2.24, 2.45) is 0 Å². The van der Waals surface area contributed by atoms with E-state index < -0.39 is 5.66 Å². The highest BCUT2D eigenvalue weighted by Crippen LogP contribution is 2.35. The summed E-state index contributed by atoms with van der Waals surface area (Å²) in [6, 6.07) is 2.29. The molecule has 7 nitrogen and oxygen atoms in total. The molecule has 0 spiro atoms. The maximum Gasteiger partial charge on any atom is 0.301 e. The van der Waals surface area contributed by atoms with Crippen molar-refractivity contribution in [1.82, 2.24) is 30.0 Å². The van der Waals surface area contributed by atoms with Gasteiger partial charge in [0.25, 0.3) is 5.91 Å². The molecule has 0 bridgehead atoms. The van der Waals surface area contributed by atoms with Gasteiger partial charge in [0.2, 0.25) is 0 Å². The van der Waals surface area contributed by atoms with Gasteiger partial charge in [-0.25, -0.2) is 4.98 Å². The predicted octanol–water partition coefficient (Wildman–Crippen LogP) is 3.42. The lowest BCUT2D eigenvalue weighted by Gasteiger charge is -2.31. The van der Waals surface area contributed by atoms with Gasteiger partial charge in [-0.05, 0) is 63.5 Å². The minimum atomic E-state index is -3.03. The fraction of sp³-hybridized carbons (Fsp3) is 0.591. The van der Waals surface area contributed by atoms with Crippen molar-refractivity contribution >= 4 is 21.0 Å². The SMILES string of the molecule is O=C(NC1CCC(NC2=CCCc3nc(C(F)(F)P)cn32)CC1)c1cc2n(n1)CCCC2. The number of carbonyl (C=O) groups is 1. The van der Waals surface area contributed by atoms with E-state index in [2.05, 4.69) is 20.7 Å². The number of halogens is 2. The third kappa shape index (κ3) is 4.45. The Kier molecular flexibility index (Phi) is 5.78. The number of carbonyl (C=O) groups excluding carboxylic acids is 1. The Labute approximate surface area is 188 Å². The number of fused-ring (bicyclic) bond motifs is 2. The third-order valence-corrected chi connectivity index (χ3v) is 6.94. The first-order valence-corrected chi connectivity index (χ1v) is 12.0. The quantitative estimate of drug-likeness (QED) is 0.668. The van der Waals surface area contributed by atoms with Crippen molar-refractivity contribution in [2.45, 2.75) is 82.1 Å². The lowest BCUT2D eigenvalue weighted by atomic mass is 9.91. The molecule has 10 heteroatoms. The van der Waals surface area contributed by atoms with Crippen LogP contribution in [-0.4, -0.2) is 37.3 Å². The van der Waals surface area contributed by atoms with E-state index in [0.29, 0.717) is 17.9 Å². The van der Waals surface area contributed by atoms with Gasteiger partial charge in [0.1, 0.15) is 23.0 Å². The van der Waals surface area contributed by atoms with Crippen LogP contribution in [0.2, 0.25) is 0 Å². The van der Waals surface area contributed by atoms with E-state index in [4.69, 9.17) is 0 Å². The lowest BCUT2D eigenvalue weighted by molar-refractivity contribution is 0.0918. The van der Waals surface area contributed by atoms with Crippen LogP contribution in [-0.2, 0) is 25.1 Å². The maximum atomic E-state index is 13.7. The molecule has 2 N–H and O–H groups in total. The van der Waals surface area contributed by atoms with Crippen molar-refractivity contribution in [1.29, 1.82) is 0 Å². The van der Waals surface area contributed by atoms with Crippen LogP contribution < -0.4 is 10.6 Å². The summed E-state index contributed by atoms with van der Waals surface area (Å²) in [6.45, 7) is 0.893. The monoisotopic (exact) mass is 462 g/mol. The fourth-order valence-electron chi connectivity index (χ4n) is 4.91. The van der Waals surface area contributed by atoms with Crippen LogP contribution in [0.5, 0.6) is 0 Å². The number of rotatable bonds is 5. The van der Waals surface area contributed by atoms with Crippen molar-refractivity contribution in [3.63, 3.8) is 0 Å². The summed E-state index contributed by atoms with van der Waals surface area (Å²) in [4.78, 5) is 16.8. The van der Waals surface area contributed by atoms with Gasteiger partial charge in [-0.3, -0.25) is 14.0 Å². The molecular weight excluding hydrogens is 433 g/mol. The Morgan fingerprint density at radius 3 is 2.69 bits per heavy atom. The number of allylic oxidation sites excluding steroid dienone is 1. The number of aromatic nitrogens is 4. The first-order chi connectivity index (χ1) is 15.4. The normalized spacial score (nSPS) is 23.2. The molecular formula is C22H29F2N6OP. The second-order valence-corrected chi connectivity index (χ2v) is 9.76. The molecule has 1 fully saturated rings. The van der Waals surface area contributed by atoms with Gasteiger partial charge in [-0.1, -0.05) is 9.24 Å². The van der Waals surface area contributed by atoms with E-state index >= 15 is 0 Å². The molecule has 2 aromatic heterocycles. The van der Waals surface area contributed by atoms with Crippen LogP contribution in [0.4, 0.5) is 8.78 Å². The molecule has 1 amide bonds. The average Bonchev–Trinajstić information content (AvgIpc) is 3.40. The standard InChI is InChI=1S/C22H29F2N6OP/c23-22(24,32)18-13-29-19(5-3-6-20(29)27-18)25-14-7-9-15(10-8-14)26-21(31)17-12-16-4-1-2-11-30(16)28-17/h5,12-15,25H,1-4,6-11,32H2,(H,26,31). The molecule has 0 aromatic carbocycles. The Morgan fingerprint density at radius 1 is 1.16 bits per heavy atom. The summed E-state index contributed by atoms with van der Waals surface area (Å²) in [6.07, 6.45) is 11.7. The topological polar surface area (TPSA) is 76.8 Å². The largest absolute Gasteiger partial charge is 0.369 e. The fourth-order valence-corrected chi connectivity index (χ4v) is 5.05. The molecule has 1 unspecified atom stereocenters. The number of aryl methyl sites for hydroxylation is 3. The molecule has 5 rings (SSSR count). The van der Waals surface area contributed by atoms with Crippen LogP contribution in [0.3, 0.4) is 0 Å². The number of alkyl halides is 2. The summed E-state index contributed by atoms with van der Waals surface area (Å²) in [7, 11) is 1.56. The van der Waals surface area contributed by atoms with E-state index in [1.54, 1.807) is 13.8 Å². The number of nitrogens with one attached hydrogen (secondary N) is 2. The summed E-state index contributed by atoms with van der Waals surface area (Å²) in [5, 5.41) is 11.1. The smallest absolute Gasteiger partial charge is 0.301 e. The number of nitrogens with zero attached hydrogens (tertiary/aromatic N) is 4. The number of hydrogen-bond donors (Lipinski definition) is 2.